The van der Waals surface area contributed by atoms with Gasteiger partial charge in [-0.15, -0.1) is 0 Å². The second kappa shape index (κ2) is 5.58. The highest BCUT2D eigenvalue weighted by Gasteiger charge is 2.05. The van der Waals surface area contributed by atoms with E-state index >= 15 is 0 Å². The third-order valence-electron chi connectivity index (χ3n) is 2.86. The van der Waals surface area contributed by atoms with E-state index in [2.05, 4.69) is 22.1 Å². The maximum atomic E-state index is 5.63. The van der Waals surface area contributed by atoms with Crippen molar-refractivity contribution in [3.05, 3.63) is 41.2 Å². The molecule has 0 saturated carbocycles. The number of hydrogen-bond acceptors (Lipinski definition) is 3. The van der Waals surface area contributed by atoms with Gasteiger partial charge in [-0.25, -0.2) is 4.98 Å². The summed E-state index contributed by atoms with van der Waals surface area (Å²) in [6.07, 6.45) is 1.82. The summed E-state index contributed by atoms with van der Waals surface area (Å²) in [6.45, 7) is 4.68. The molecule has 18 heavy (non-hydrogen) atoms. The number of imidazole rings is 1. The molecule has 0 atom stereocenters. The van der Waals surface area contributed by atoms with Crippen LogP contribution in [0.3, 0.4) is 0 Å². The molecule has 4 nitrogen and oxygen atoms in total. The van der Waals surface area contributed by atoms with E-state index in [9.17, 15) is 0 Å². The fourth-order valence-corrected chi connectivity index (χ4v) is 1.99. The molecule has 96 valence electrons. The normalized spacial score (nSPS) is 10.6. The van der Waals surface area contributed by atoms with Gasteiger partial charge in [-0.2, -0.15) is 0 Å². The van der Waals surface area contributed by atoms with Crippen molar-refractivity contribution >= 4 is 5.95 Å². The van der Waals surface area contributed by atoms with Crippen molar-refractivity contribution in [1.29, 1.82) is 0 Å². The molecule has 0 bridgehead atoms. The van der Waals surface area contributed by atoms with Gasteiger partial charge < -0.3 is 15.5 Å². The van der Waals surface area contributed by atoms with Crippen LogP contribution in [0.25, 0.3) is 0 Å². The molecular weight excluding hydrogens is 226 g/mol. The summed E-state index contributed by atoms with van der Waals surface area (Å²) in [5.74, 6) is 1.42. The summed E-state index contributed by atoms with van der Waals surface area (Å²) in [4.78, 5) is 7.29. The van der Waals surface area contributed by atoms with E-state index in [0.717, 1.165) is 30.0 Å². The number of rotatable bonds is 5. The Morgan fingerprint density at radius 2 is 2.17 bits per heavy atom. The number of aromatic nitrogens is 2. The molecule has 0 radical (unpaired) electrons. The Hall–Kier alpha value is -1.97. The first kappa shape index (κ1) is 12.5. The van der Waals surface area contributed by atoms with Crippen molar-refractivity contribution in [2.45, 2.75) is 26.7 Å². The molecule has 0 unspecified atom stereocenters. The summed E-state index contributed by atoms with van der Waals surface area (Å²) in [7, 11) is 0. The predicted octanol–water partition coefficient (Wildman–Crippen LogP) is 2.48. The minimum Gasteiger partial charge on any atom is -0.494 e. The first-order valence-electron chi connectivity index (χ1n) is 6.21. The van der Waals surface area contributed by atoms with Crippen LogP contribution in [0.1, 0.15) is 23.9 Å². The molecule has 3 N–H and O–H groups in total. The van der Waals surface area contributed by atoms with E-state index in [1.165, 1.54) is 5.56 Å². The molecule has 0 aliphatic heterocycles. The summed E-state index contributed by atoms with van der Waals surface area (Å²) >= 11 is 0. The Morgan fingerprint density at radius 1 is 1.33 bits per heavy atom. The van der Waals surface area contributed by atoms with Gasteiger partial charge in [0.2, 0.25) is 0 Å². The minimum atomic E-state index is 0.491. The van der Waals surface area contributed by atoms with Crippen LogP contribution >= 0.6 is 0 Å². The van der Waals surface area contributed by atoms with Gasteiger partial charge in [0.15, 0.2) is 5.95 Å². The van der Waals surface area contributed by atoms with Crippen LogP contribution in [-0.4, -0.2) is 16.6 Å². The highest BCUT2D eigenvalue weighted by molar-refractivity contribution is 5.30. The van der Waals surface area contributed by atoms with Crippen molar-refractivity contribution in [3.8, 4) is 5.75 Å². The lowest BCUT2D eigenvalue weighted by atomic mass is 10.1. The zero-order valence-corrected chi connectivity index (χ0v) is 10.9. The van der Waals surface area contributed by atoms with Crippen LogP contribution in [0.2, 0.25) is 0 Å². The molecule has 0 aliphatic carbocycles. The number of H-pyrrole nitrogens is 1. The number of anilines is 1. The van der Waals surface area contributed by atoms with E-state index in [-0.39, 0.29) is 0 Å². The number of ether oxygens (including phenoxy) is 1. The van der Waals surface area contributed by atoms with Crippen molar-refractivity contribution < 1.29 is 4.74 Å². The van der Waals surface area contributed by atoms with Gasteiger partial charge in [-0.1, -0.05) is 12.1 Å². The minimum absolute atomic E-state index is 0.491. The molecule has 0 amide bonds. The highest BCUT2D eigenvalue weighted by Crippen LogP contribution is 2.16. The third-order valence-corrected chi connectivity index (χ3v) is 2.86. The third kappa shape index (κ3) is 3.03. The Balaban J connectivity index is 2.01. The van der Waals surface area contributed by atoms with Crippen LogP contribution in [0, 0.1) is 6.92 Å². The van der Waals surface area contributed by atoms with Crippen molar-refractivity contribution in [3.63, 3.8) is 0 Å². The summed E-state index contributed by atoms with van der Waals surface area (Å²) < 4.78 is 5.48. The molecule has 1 aromatic heterocycles. The Labute approximate surface area is 107 Å². The second-order valence-corrected chi connectivity index (χ2v) is 4.27. The maximum Gasteiger partial charge on any atom is 0.197 e. The van der Waals surface area contributed by atoms with Crippen LogP contribution in [-0.2, 0) is 12.8 Å². The van der Waals surface area contributed by atoms with Gasteiger partial charge in [0.1, 0.15) is 5.75 Å². The van der Waals surface area contributed by atoms with Gasteiger partial charge >= 0.3 is 0 Å². The molecule has 0 aliphatic rings. The van der Waals surface area contributed by atoms with Gasteiger partial charge in [0, 0.05) is 5.69 Å². The fourth-order valence-electron chi connectivity index (χ4n) is 1.99. The van der Waals surface area contributed by atoms with E-state index in [1.54, 1.807) is 0 Å². The topological polar surface area (TPSA) is 63.9 Å². The number of nitrogens with two attached hydrogens (primary N) is 1. The van der Waals surface area contributed by atoms with Gasteiger partial charge in [-0.3, -0.25) is 0 Å². The van der Waals surface area contributed by atoms with Gasteiger partial charge in [-0.05, 0) is 44.4 Å². The van der Waals surface area contributed by atoms with E-state index in [1.807, 2.05) is 26.0 Å². The number of aryl methyl sites for hydroxylation is 3. The Morgan fingerprint density at radius 3 is 2.83 bits per heavy atom. The fraction of sp³-hybridized carbons (Fsp3) is 0.357. The average Bonchev–Trinajstić information content (AvgIpc) is 2.66. The van der Waals surface area contributed by atoms with Gasteiger partial charge in [0.25, 0.3) is 0 Å². The molecule has 0 spiro atoms. The predicted molar refractivity (Wildman–Crippen MR) is 72.8 cm³/mol. The summed E-state index contributed by atoms with van der Waals surface area (Å²) in [6, 6.07) is 8.18. The van der Waals surface area contributed by atoms with Crippen LogP contribution in [0.4, 0.5) is 5.95 Å². The molecule has 4 heteroatoms. The zero-order chi connectivity index (χ0) is 13.0. The summed E-state index contributed by atoms with van der Waals surface area (Å²) in [5, 5.41) is 0. The zero-order valence-electron chi connectivity index (χ0n) is 10.9. The van der Waals surface area contributed by atoms with E-state index in [4.69, 9.17) is 10.5 Å². The molecular formula is C14H19N3O. The standard InChI is InChI=1S/C14H19N3O/c1-3-18-12-6-4-5-11(9-12)7-8-13-10(2)16-14(15)17-13/h4-6,9H,3,7-8H2,1-2H3,(H3,15,16,17). The lowest BCUT2D eigenvalue weighted by molar-refractivity contribution is 0.340. The average molecular weight is 245 g/mol. The number of hydrogen-bond donors (Lipinski definition) is 2. The van der Waals surface area contributed by atoms with E-state index < -0.39 is 0 Å². The number of nitrogen functional groups attached to an aromatic ring is 1. The van der Waals surface area contributed by atoms with Crippen molar-refractivity contribution in [1.82, 2.24) is 9.97 Å². The molecule has 2 rings (SSSR count). The largest absolute Gasteiger partial charge is 0.494 e. The number of benzene rings is 1. The Kier molecular flexibility index (Phi) is 3.87. The number of nitrogens with zero attached hydrogens (tertiary/aromatic N) is 1. The molecule has 0 fully saturated rings. The van der Waals surface area contributed by atoms with Crippen LogP contribution < -0.4 is 10.5 Å². The monoisotopic (exact) mass is 245 g/mol. The van der Waals surface area contributed by atoms with E-state index in [0.29, 0.717) is 12.6 Å². The van der Waals surface area contributed by atoms with Crippen molar-refractivity contribution in [2.24, 2.45) is 0 Å². The molecule has 1 heterocycles. The quantitative estimate of drug-likeness (QED) is 0.850. The maximum absolute atomic E-state index is 5.63. The first-order valence-corrected chi connectivity index (χ1v) is 6.21. The summed E-state index contributed by atoms with van der Waals surface area (Å²) in [5.41, 5.74) is 8.96. The number of nitrogens with one attached hydrogen (secondary N) is 1. The molecule has 2 aromatic rings. The lowest BCUT2D eigenvalue weighted by Gasteiger charge is -2.05. The smallest absolute Gasteiger partial charge is 0.197 e. The van der Waals surface area contributed by atoms with Gasteiger partial charge in [0.05, 0.1) is 12.3 Å². The number of aromatic amines is 1. The molecule has 1 aromatic carbocycles. The first-order chi connectivity index (χ1) is 8.69. The lowest BCUT2D eigenvalue weighted by Crippen LogP contribution is -1.96. The second-order valence-electron chi connectivity index (χ2n) is 4.27. The van der Waals surface area contributed by atoms with Crippen LogP contribution in [0.5, 0.6) is 5.75 Å². The van der Waals surface area contributed by atoms with Crippen molar-refractivity contribution in [2.75, 3.05) is 12.3 Å². The highest BCUT2D eigenvalue weighted by atomic mass is 16.5. The van der Waals surface area contributed by atoms with Crippen LogP contribution in [0.15, 0.2) is 24.3 Å². The SMILES string of the molecule is CCOc1cccc(CCc2nc(N)[nH]c2C)c1. The Bertz CT molecular complexity index is 520. The molecule has 0 saturated heterocycles.